The van der Waals surface area contributed by atoms with Gasteiger partial charge in [-0.3, -0.25) is 0 Å². The van der Waals surface area contributed by atoms with Crippen molar-refractivity contribution in [2.24, 2.45) is 10.9 Å². The zero-order valence-corrected chi connectivity index (χ0v) is 11.8. The number of hydrogen-bond acceptors (Lipinski definition) is 3. The van der Waals surface area contributed by atoms with Gasteiger partial charge in [0.05, 0.1) is 5.02 Å². The molecule has 108 valence electrons. The van der Waals surface area contributed by atoms with Crippen molar-refractivity contribution in [2.75, 3.05) is 11.4 Å². The van der Waals surface area contributed by atoms with Crippen LogP contribution >= 0.6 is 11.6 Å². The second-order valence-corrected chi connectivity index (χ2v) is 5.23. The van der Waals surface area contributed by atoms with Crippen LogP contribution in [0.1, 0.15) is 11.1 Å². The van der Waals surface area contributed by atoms with Crippen molar-refractivity contribution in [1.82, 2.24) is 0 Å². The van der Waals surface area contributed by atoms with E-state index >= 15 is 0 Å². The predicted molar refractivity (Wildman–Crippen MR) is 81.1 cm³/mol. The van der Waals surface area contributed by atoms with E-state index in [0.29, 0.717) is 10.6 Å². The van der Waals surface area contributed by atoms with Gasteiger partial charge < -0.3 is 15.8 Å². The molecule has 0 aliphatic carbocycles. The second kappa shape index (κ2) is 5.26. The number of rotatable bonds is 2. The summed E-state index contributed by atoms with van der Waals surface area (Å²) in [5.74, 6) is -0.306. The fourth-order valence-corrected chi connectivity index (χ4v) is 2.83. The summed E-state index contributed by atoms with van der Waals surface area (Å²) >= 11 is 6.17. The summed E-state index contributed by atoms with van der Waals surface area (Å²) in [5.41, 5.74) is 8.81. The van der Waals surface area contributed by atoms with Crippen LogP contribution in [0.15, 0.2) is 41.6 Å². The van der Waals surface area contributed by atoms with Gasteiger partial charge in [-0.1, -0.05) is 22.8 Å². The first-order valence-corrected chi connectivity index (χ1v) is 6.81. The number of benzene rings is 2. The lowest BCUT2D eigenvalue weighted by Gasteiger charge is -2.20. The highest BCUT2D eigenvalue weighted by Gasteiger charge is 2.21. The van der Waals surface area contributed by atoms with Crippen LogP contribution in [0.5, 0.6) is 0 Å². The van der Waals surface area contributed by atoms with E-state index in [1.807, 2.05) is 11.0 Å². The van der Waals surface area contributed by atoms with Gasteiger partial charge in [0, 0.05) is 23.5 Å². The Balaban J connectivity index is 2.01. The molecule has 21 heavy (non-hydrogen) atoms. The molecule has 0 saturated carbocycles. The lowest BCUT2D eigenvalue weighted by Crippen LogP contribution is -2.16. The molecule has 1 aliphatic heterocycles. The van der Waals surface area contributed by atoms with Gasteiger partial charge in [-0.05, 0) is 42.3 Å². The minimum Gasteiger partial charge on any atom is -0.409 e. The maximum Gasteiger partial charge on any atom is 0.171 e. The molecule has 0 atom stereocenters. The van der Waals surface area contributed by atoms with Crippen LogP contribution in [-0.2, 0) is 6.42 Å². The number of amidine groups is 1. The van der Waals surface area contributed by atoms with E-state index in [2.05, 4.69) is 5.16 Å². The van der Waals surface area contributed by atoms with Gasteiger partial charge in [-0.25, -0.2) is 4.39 Å². The molecule has 3 rings (SSSR count). The van der Waals surface area contributed by atoms with Gasteiger partial charge in [0.1, 0.15) is 5.82 Å². The van der Waals surface area contributed by atoms with E-state index in [-0.39, 0.29) is 11.7 Å². The molecule has 0 fully saturated rings. The molecule has 3 N–H and O–H groups in total. The molecule has 0 unspecified atom stereocenters. The molecule has 2 aromatic carbocycles. The van der Waals surface area contributed by atoms with Crippen molar-refractivity contribution in [3.05, 3.63) is 58.4 Å². The second-order valence-electron chi connectivity index (χ2n) is 4.82. The summed E-state index contributed by atoms with van der Waals surface area (Å²) in [4.78, 5) is 2.00. The molecule has 0 aromatic heterocycles. The summed E-state index contributed by atoms with van der Waals surface area (Å²) < 4.78 is 13.4. The standard InChI is InChI=1S/C15H13ClFN3O/c16-13-8-11(3-4-12(13)15(18)19-21)20-6-5-9-1-2-10(17)7-14(9)20/h1-4,7-8,21H,5-6H2,(H2,18,19). The number of nitrogens with zero attached hydrogens (tertiary/aromatic N) is 2. The van der Waals surface area contributed by atoms with Crippen LogP contribution in [0.4, 0.5) is 15.8 Å². The fraction of sp³-hybridized carbons (Fsp3) is 0.133. The van der Waals surface area contributed by atoms with Crippen molar-refractivity contribution < 1.29 is 9.60 Å². The zero-order chi connectivity index (χ0) is 15.0. The van der Waals surface area contributed by atoms with Crippen LogP contribution in [0.25, 0.3) is 0 Å². The summed E-state index contributed by atoms with van der Waals surface area (Å²) in [6.45, 7) is 0.762. The highest BCUT2D eigenvalue weighted by atomic mass is 35.5. The third kappa shape index (κ3) is 2.40. The minimum absolute atomic E-state index is 0.0422. The fourth-order valence-electron chi connectivity index (χ4n) is 2.55. The van der Waals surface area contributed by atoms with E-state index in [0.717, 1.165) is 29.9 Å². The first kappa shape index (κ1) is 13.7. The van der Waals surface area contributed by atoms with Gasteiger partial charge in [0.25, 0.3) is 0 Å². The molecular formula is C15H13ClFN3O. The molecule has 1 heterocycles. The summed E-state index contributed by atoms with van der Waals surface area (Å²) in [6.07, 6.45) is 0.856. The predicted octanol–water partition coefficient (Wildman–Crippen LogP) is 3.27. The molecule has 1 aliphatic rings. The van der Waals surface area contributed by atoms with Gasteiger partial charge in [0.15, 0.2) is 5.84 Å². The lowest BCUT2D eigenvalue weighted by atomic mass is 10.1. The number of hydrogen-bond donors (Lipinski definition) is 2. The number of fused-ring (bicyclic) bond motifs is 1. The van der Waals surface area contributed by atoms with Crippen LogP contribution in [0, 0.1) is 5.82 Å². The molecule has 0 bridgehead atoms. The van der Waals surface area contributed by atoms with Gasteiger partial charge in [-0.2, -0.15) is 0 Å². The van der Waals surface area contributed by atoms with Crippen molar-refractivity contribution in [3.8, 4) is 0 Å². The van der Waals surface area contributed by atoms with Gasteiger partial charge in [-0.15, -0.1) is 0 Å². The van der Waals surface area contributed by atoms with Crippen molar-refractivity contribution >= 4 is 28.8 Å². The Morgan fingerprint density at radius 2 is 2.10 bits per heavy atom. The summed E-state index contributed by atoms with van der Waals surface area (Å²) in [6, 6.07) is 10.0. The van der Waals surface area contributed by atoms with Crippen LogP contribution in [0.3, 0.4) is 0 Å². The Bertz CT molecular complexity index is 733. The molecule has 0 spiro atoms. The molecule has 6 heteroatoms. The Morgan fingerprint density at radius 3 is 2.81 bits per heavy atom. The van der Waals surface area contributed by atoms with E-state index in [1.165, 1.54) is 12.1 Å². The third-order valence-electron chi connectivity index (χ3n) is 3.59. The van der Waals surface area contributed by atoms with E-state index in [9.17, 15) is 4.39 Å². The van der Waals surface area contributed by atoms with Crippen molar-refractivity contribution in [1.29, 1.82) is 0 Å². The molecule has 2 aromatic rings. The lowest BCUT2D eigenvalue weighted by molar-refractivity contribution is 0.318. The van der Waals surface area contributed by atoms with Crippen LogP contribution in [0.2, 0.25) is 5.02 Å². The highest BCUT2D eigenvalue weighted by Crippen LogP contribution is 2.36. The van der Waals surface area contributed by atoms with Gasteiger partial charge in [0.2, 0.25) is 0 Å². The van der Waals surface area contributed by atoms with E-state index in [4.69, 9.17) is 22.5 Å². The SMILES string of the molecule is N/C(=N/O)c1ccc(N2CCc3ccc(F)cc32)cc1Cl. The third-order valence-corrected chi connectivity index (χ3v) is 3.90. The van der Waals surface area contributed by atoms with Crippen LogP contribution in [-0.4, -0.2) is 17.6 Å². The first-order valence-electron chi connectivity index (χ1n) is 6.43. The first-order chi connectivity index (χ1) is 10.1. The monoisotopic (exact) mass is 305 g/mol. The highest BCUT2D eigenvalue weighted by molar-refractivity contribution is 6.34. The molecular weight excluding hydrogens is 293 g/mol. The van der Waals surface area contributed by atoms with Crippen molar-refractivity contribution in [2.45, 2.75) is 6.42 Å². The quantitative estimate of drug-likeness (QED) is 0.387. The summed E-state index contributed by atoms with van der Waals surface area (Å²) in [5, 5.41) is 12.0. The van der Waals surface area contributed by atoms with Crippen LogP contribution < -0.4 is 10.6 Å². The average Bonchev–Trinajstić information content (AvgIpc) is 2.89. The van der Waals surface area contributed by atoms with E-state index < -0.39 is 0 Å². The zero-order valence-electron chi connectivity index (χ0n) is 11.1. The number of oxime groups is 1. The maximum atomic E-state index is 13.4. The molecule has 0 amide bonds. The Morgan fingerprint density at radius 1 is 1.29 bits per heavy atom. The average molecular weight is 306 g/mol. The maximum absolute atomic E-state index is 13.4. The largest absolute Gasteiger partial charge is 0.409 e. The molecule has 0 radical (unpaired) electrons. The topological polar surface area (TPSA) is 61.9 Å². The van der Waals surface area contributed by atoms with Crippen molar-refractivity contribution in [3.63, 3.8) is 0 Å². The number of anilines is 2. The smallest absolute Gasteiger partial charge is 0.171 e. The van der Waals surface area contributed by atoms with Gasteiger partial charge >= 0.3 is 0 Å². The number of nitrogens with two attached hydrogens (primary N) is 1. The number of halogens is 2. The molecule has 0 saturated heterocycles. The Hall–Kier alpha value is -2.27. The Labute approximate surface area is 126 Å². The summed E-state index contributed by atoms with van der Waals surface area (Å²) in [7, 11) is 0. The normalized spacial score (nSPS) is 14.4. The minimum atomic E-state index is -0.264. The Kier molecular flexibility index (Phi) is 3.43. The van der Waals surface area contributed by atoms with E-state index in [1.54, 1.807) is 18.2 Å². The molecule has 4 nitrogen and oxygen atoms in total.